The Kier molecular flexibility index (Phi) is 0.893. The monoisotopic (exact) mass is 152 g/mol. The normalized spacial score (nSPS) is 66.0. The Bertz CT molecular complexity index is 209. The molecule has 11 heavy (non-hydrogen) atoms. The van der Waals surface area contributed by atoms with Crippen LogP contribution in [-0.4, -0.2) is 10.7 Å². The largest absolute Gasteiger partial charge is 0.390 e. The Balaban J connectivity index is 1.93. The van der Waals surface area contributed by atoms with Crippen LogP contribution in [0, 0.1) is 17.3 Å². The first kappa shape index (κ1) is 6.47. The first-order valence-corrected chi connectivity index (χ1v) is 4.82. The molecule has 1 spiro atoms. The van der Waals surface area contributed by atoms with Crippen molar-refractivity contribution in [3.63, 3.8) is 0 Å². The lowest BCUT2D eigenvalue weighted by molar-refractivity contribution is -0.0163. The van der Waals surface area contributed by atoms with E-state index in [-0.39, 0.29) is 5.60 Å². The van der Waals surface area contributed by atoms with Crippen LogP contribution in [0.5, 0.6) is 0 Å². The van der Waals surface area contributed by atoms with Gasteiger partial charge in [-0.3, -0.25) is 0 Å². The summed E-state index contributed by atoms with van der Waals surface area (Å²) in [6.45, 7) is 2.03. The highest BCUT2D eigenvalue weighted by Gasteiger charge is 2.64. The van der Waals surface area contributed by atoms with E-state index in [0.29, 0.717) is 5.41 Å². The topological polar surface area (TPSA) is 20.2 Å². The molecule has 3 fully saturated rings. The first-order chi connectivity index (χ1) is 5.10. The lowest BCUT2D eigenvalue weighted by atomic mass is 9.75. The van der Waals surface area contributed by atoms with E-state index in [1.165, 1.54) is 19.3 Å². The Hall–Kier alpha value is -0.0400. The summed E-state index contributed by atoms with van der Waals surface area (Å²) in [6, 6.07) is 0. The van der Waals surface area contributed by atoms with Crippen molar-refractivity contribution in [2.45, 2.75) is 44.6 Å². The number of rotatable bonds is 0. The predicted octanol–water partition coefficient (Wildman–Crippen LogP) is 1.95. The van der Waals surface area contributed by atoms with Crippen LogP contribution in [0.4, 0.5) is 0 Å². The molecule has 0 amide bonds. The van der Waals surface area contributed by atoms with Crippen molar-refractivity contribution in [2.75, 3.05) is 0 Å². The van der Waals surface area contributed by atoms with Gasteiger partial charge in [0.1, 0.15) is 0 Å². The molecule has 1 nitrogen and oxygen atoms in total. The van der Waals surface area contributed by atoms with E-state index in [2.05, 4.69) is 0 Å². The molecule has 0 aromatic carbocycles. The maximum Gasteiger partial charge on any atom is 0.0627 e. The third kappa shape index (κ3) is 0.752. The molecule has 3 aliphatic rings. The molecule has 3 saturated carbocycles. The molecule has 4 atom stereocenters. The SMILES string of the molecule is CC1(O)CC2CC3CC3(C2)C1. The molecule has 3 aliphatic carbocycles. The summed E-state index contributed by atoms with van der Waals surface area (Å²) in [7, 11) is 0. The van der Waals surface area contributed by atoms with Gasteiger partial charge in [0.05, 0.1) is 5.60 Å². The molecule has 62 valence electrons. The van der Waals surface area contributed by atoms with Crippen molar-refractivity contribution in [1.29, 1.82) is 0 Å². The maximum absolute atomic E-state index is 9.95. The highest BCUT2D eigenvalue weighted by Crippen LogP contribution is 2.72. The van der Waals surface area contributed by atoms with E-state index in [1.54, 1.807) is 0 Å². The molecule has 0 aromatic rings. The minimum Gasteiger partial charge on any atom is -0.390 e. The van der Waals surface area contributed by atoms with Gasteiger partial charge >= 0.3 is 0 Å². The van der Waals surface area contributed by atoms with Crippen LogP contribution in [0.25, 0.3) is 0 Å². The van der Waals surface area contributed by atoms with Gasteiger partial charge in [-0.2, -0.15) is 0 Å². The fourth-order valence-corrected chi connectivity index (χ4v) is 3.97. The van der Waals surface area contributed by atoms with Crippen LogP contribution >= 0.6 is 0 Å². The lowest BCUT2D eigenvalue weighted by Gasteiger charge is -2.35. The number of aliphatic hydroxyl groups is 1. The van der Waals surface area contributed by atoms with Crippen LogP contribution in [0.3, 0.4) is 0 Å². The third-order valence-electron chi connectivity index (χ3n) is 4.13. The zero-order chi connectivity index (χ0) is 7.69. The van der Waals surface area contributed by atoms with Gasteiger partial charge in [-0.15, -0.1) is 0 Å². The summed E-state index contributed by atoms with van der Waals surface area (Å²) in [5.41, 5.74) is 0.334. The van der Waals surface area contributed by atoms with Crippen LogP contribution in [0.1, 0.15) is 39.0 Å². The molecule has 1 heteroatoms. The summed E-state index contributed by atoms with van der Waals surface area (Å²) in [4.78, 5) is 0. The van der Waals surface area contributed by atoms with Gasteiger partial charge in [0.15, 0.2) is 0 Å². The van der Waals surface area contributed by atoms with E-state index < -0.39 is 0 Å². The fraction of sp³-hybridized carbons (Fsp3) is 1.00. The Morgan fingerprint density at radius 1 is 1.27 bits per heavy atom. The smallest absolute Gasteiger partial charge is 0.0627 e. The van der Waals surface area contributed by atoms with Gasteiger partial charge in [-0.25, -0.2) is 0 Å². The van der Waals surface area contributed by atoms with Gasteiger partial charge in [-0.05, 0) is 56.3 Å². The minimum atomic E-state index is -0.311. The fourth-order valence-electron chi connectivity index (χ4n) is 3.97. The van der Waals surface area contributed by atoms with E-state index in [1.807, 2.05) is 6.92 Å². The van der Waals surface area contributed by atoms with Gasteiger partial charge < -0.3 is 5.11 Å². The maximum atomic E-state index is 9.95. The highest BCUT2D eigenvalue weighted by molar-refractivity contribution is 5.15. The van der Waals surface area contributed by atoms with Crippen LogP contribution < -0.4 is 0 Å². The average molecular weight is 152 g/mol. The van der Waals surface area contributed by atoms with Crippen LogP contribution in [0.15, 0.2) is 0 Å². The molecular weight excluding hydrogens is 136 g/mol. The average Bonchev–Trinajstić information content (AvgIpc) is 2.30. The van der Waals surface area contributed by atoms with Crippen LogP contribution in [-0.2, 0) is 0 Å². The summed E-state index contributed by atoms with van der Waals surface area (Å²) in [5.74, 6) is 1.89. The summed E-state index contributed by atoms with van der Waals surface area (Å²) < 4.78 is 0. The Labute approximate surface area is 67.8 Å². The van der Waals surface area contributed by atoms with Crippen molar-refractivity contribution < 1.29 is 5.11 Å². The number of hydrogen-bond acceptors (Lipinski definition) is 1. The first-order valence-electron chi connectivity index (χ1n) is 4.82. The van der Waals surface area contributed by atoms with Crippen molar-refractivity contribution in [3.05, 3.63) is 0 Å². The second kappa shape index (κ2) is 1.52. The molecule has 0 heterocycles. The molecule has 0 aromatic heterocycles. The predicted molar refractivity (Wildman–Crippen MR) is 43.1 cm³/mol. The summed E-state index contributed by atoms with van der Waals surface area (Å²) in [5, 5.41) is 9.95. The van der Waals surface area contributed by atoms with Crippen molar-refractivity contribution >= 4 is 0 Å². The highest BCUT2D eigenvalue weighted by atomic mass is 16.3. The molecule has 0 saturated heterocycles. The van der Waals surface area contributed by atoms with Crippen molar-refractivity contribution in [1.82, 2.24) is 0 Å². The molecule has 4 unspecified atom stereocenters. The summed E-state index contributed by atoms with van der Waals surface area (Å²) in [6.07, 6.45) is 6.47. The molecule has 0 radical (unpaired) electrons. The van der Waals surface area contributed by atoms with E-state index >= 15 is 0 Å². The number of fused-ring (bicyclic) bond motifs is 1. The van der Waals surface area contributed by atoms with E-state index in [9.17, 15) is 5.11 Å². The minimum absolute atomic E-state index is 0.311. The van der Waals surface area contributed by atoms with Gasteiger partial charge in [0.2, 0.25) is 0 Å². The molecule has 1 N–H and O–H groups in total. The zero-order valence-electron chi connectivity index (χ0n) is 7.14. The lowest BCUT2D eigenvalue weighted by Crippen LogP contribution is -2.34. The van der Waals surface area contributed by atoms with E-state index in [0.717, 1.165) is 24.7 Å². The summed E-state index contributed by atoms with van der Waals surface area (Å²) >= 11 is 0. The molecule has 2 bridgehead atoms. The van der Waals surface area contributed by atoms with Crippen LogP contribution in [0.2, 0.25) is 0 Å². The second-order valence-electron chi connectivity index (χ2n) is 5.45. The third-order valence-corrected chi connectivity index (χ3v) is 4.13. The standard InChI is InChI=1S/C10H16O/c1-9(11)3-7-2-8-5-10(8,4-7)6-9/h7-8,11H,2-6H2,1H3. The second-order valence-corrected chi connectivity index (χ2v) is 5.45. The van der Waals surface area contributed by atoms with Crippen molar-refractivity contribution in [3.8, 4) is 0 Å². The molecular formula is C10H16O. The number of hydrogen-bond donors (Lipinski definition) is 1. The Morgan fingerprint density at radius 3 is 2.82 bits per heavy atom. The van der Waals surface area contributed by atoms with Gasteiger partial charge in [-0.1, -0.05) is 0 Å². The molecule has 0 aliphatic heterocycles. The van der Waals surface area contributed by atoms with Gasteiger partial charge in [0.25, 0.3) is 0 Å². The molecule has 3 rings (SSSR count). The quantitative estimate of drug-likeness (QED) is 0.562. The Morgan fingerprint density at radius 2 is 2.09 bits per heavy atom. The van der Waals surface area contributed by atoms with Crippen molar-refractivity contribution in [2.24, 2.45) is 17.3 Å². The van der Waals surface area contributed by atoms with E-state index in [4.69, 9.17) is 0 Å². The van der Waals surface area contributed by atoms with Gasteiger partial charge in [0, 0.05) is 0 Å². The zero-order valence-corrected chi connectivity index (χ0v) is 7.14.